The lowest BCUT2D eigenvalue weighted by atomic mass is 9.94. The van der Waals surface area contributed by atoms with Crippen molar-refractivity contribution in [3.8, 4) is 11.5 Å². The van der Waals surface area contributed by atoms with Crippen LogP contribution in [0, 0.1) is 6.92 Å². The third-order valence-electron chi connectivity index (χ3n) is 5.96. The summed E-state index contributed by atoms with van der Waals surface area (Å²) in [6.45, 7) is 2.77. The molecule has 0 bridgehead atoms. The summed E-state index contributed by atoms with van der Waals surface area (Å²) in [6.07, 6.45) is 0. The molecule has 1 aliphatic rings. The van der Waals surface area contributed by atoms with E-state index in [1.807, 2.05) is 38.1 Å². The van der Waals surface area contributed by atoms with E-state index in [4.69, 9.17) is 13.9 Å². The van der Waals surface area contributed by atoms with Crippen LogP contribution in [0.15, 0.2) is 58.2 Å². The van der Waals surface area contributed by atoms with Crippen molar-refractivity contribution in [3.05, 3.63) is 70.7 Å². The number of hydrogen-bond donors (Lipinski definition) is 1. The predicted molar refractivity (Wildman–Crippen MR) is 127 cm³/mol. The number of Topliss-reactive ketones (excluding diaryl/α,β-unsaturated/α-hetero) is 1. The Bertz CT molecular complexity index is 1290. The number of likely N-dealkylation sites (N-methyl/N-ethyl adjacent to an activating group) is 1. The highest BCUT2D eigenvalue weighted by atomic mass is 16.5. The fourth-order valence-electron chi connectivity index (χ4n) is 4.21. The van der Waals surface area contributed by atoms with Crippen molar-refractivity contribution >= 4 is 22.7 Å². The number of methoxy groups -OCH3 is 2. The second-order valence-corrected chi connectivity index (χ2v) is 8.56. The zero-order chi connectivity index (χ0) is 24.6. The number of ketones is 1. The lowest BCUT2D eigenvalue weighted by Crippen LogP contribution is -2.36. The number of rotatable bonds is 8. The van der Waals surface area contributed by atoms with Gasteiger partial charge in [0.15, 0.2) is 11.5 Å². The minimum atomic E-state index is -0.875. The standard InChI is InChI=1S/C26H28N2O6/c1-15-6-8-19-16(12-15)13-21(34-19)24(29)22-23(18-14-17(32-4)7-9-20(18)33-5)28(11-10-27(2)3)26(31)25(22)30/h6-9,12-14,23,30H,10-11H2,1-5H3. The van der Waals surface area contributed by atoms with Crippen LogP contribution < -0.4 is 9.47 Å². The van der Waals surface area contributed by atoms with Crippen molar-refractivity contribution in [1.29, 1.82) is 0 Å². The maximum Gasteiger partial charge on any atom is 0.290 e. The molecule has 2 heterocycles. The van der Waals surface area contributed by atoms with Crippen molar-refractivity contribution < 1.29 is 28.6 Å². The first-order chi connectivity index (χ1) is 16.2. The van der Waals surface area contributed by atoms with Crippen LogP contribution in [0.4, 0.5) is 0 Å². The highest BCUT2D eigenvalue weighted by Crippen LogP contribution is 2.43. The third kappa shape index (κ3) is 4.12. The van der Waals surface area contributed by atoms with Crippen LogP contribution in [-0.2, 0) is 4.79 Å². The van der Waals surface area contributed by atoms with E-state index in [2.05, 4.69) is 0 Å². The van der Waals surface area contributed by atoms with Gasteiger partial charge in [-0.05, 0) is 57.4 Å². The van der Waals surface area contributed by atoms with Crippen LogP contribution in [0.2, 0.25) is 0 Å². The first-order valence-corrected chi connectivity index (χ1v) is 10.9. The van der Waals surface area contributed by atoms with Gasteiger partial charge < -0.3 is 28.8 Å². The first kappa shape index (κ1) is 23.4. The first-order valence-electron chi connectivity index (χ1n) is 10.9. The van der Waals surface area contributed by atoms with Gasteiger partial charge in [0.1, 0.15) is 17.1 Å². The van der Waals surface area contributed by atoms with Gasteiger partial charge in [0.05, 0.1) is 25.8 Å². The molecule has 0 fully saturated rings. The number of benzene rings is 2. The molecule has 8 heteroatoms. The van der Waals surface area contributed by atoms with E-state index in [9.17, 15) is 14.7 Å². The summed E-state index contributed by atoms with van der Waals surface area (Å²) in [5.41, 5.74) is 2.07. The molecule has 0 saturated carbocycles. The Morgan fingerprint density at radius 3 is 2.56 bits per heavy atom. The molecule has 2 aromatic carbocycles. The van der Waals surface area contributed by atoms with Gasteiger partial charge in [-0.25, -0.2) is 0 Å². The van der Waals surface area contributed by atoms with E-state index >= 15 is 0 Å². The van der Waals surface area contributed by atoms with Gasteiger partial charge in [-0.1, -0.05) is 11.6 Å². The summed E-state index contributed by atoms with van der Waals surface area (Å²) in [5.74, 6) is -0.706. The van der Waals surface area contributed by atoms with E-state index < -0.39 is 23.5 Å². The number of amides is 1. The predicted octanol–water partition coefficient (Wildman–Crippen LogP) is 3.90. The molecule has 1 aliphatic heterocycles. The van der Waals surface area contributed by atoms with Gasteiger partial charge in [-0.15, -0.1) is 0 Å². The van der Waals surface area contributed by atoms with Gasteiger partial charge in [-0.2, -0.15) is 0 Å². The average molecular weight is 465 g/mol. The largest absolute Gasteiger partial charge is 0.503 e. The Balaban J connectivity index is 1.86. The summed E-state index contributed by atoms with van der Waals surface area (Å²) in [4.78, 5) is 30.3. The van der Waals surface area contributed by atoms with E-state index in [0.29, 0.717) is 29.2 Å². The van der Waals surface area contributed by atoms with Crippen LogP contribution in [0.5, 0.6) is 11.5 Å². The highest BCUT2D eigenvalue weighted by molar-refractivity contribution is 6.16. The van der Waals surface area contributed by atoms with Gasteiger partial charge in [0, 0.05) is 24.0 Å². The quantitative estimate of drug-likeness (QED) is 0.506. The molecule has 34 heavy (non-hydrogen) atoms. The maximum atomic E-state index is 13.7. The second kappa shape index (κ2) is 9.23. The Labute approximate surface area is 198 Å². The zero-order valence-electron chi connectivity index (χ0n) is 19.9. The molecule has 1 N–H and O–H groups in total. The van der Waals surface area contributed by atoms with E-state index in [1.54, 1.807) is 30.3 Å². The molecule has 1 aromatic heterocycles. The Hall–Kier alpha value is -3.78. The van der Waals surface area contributed by atoms with E-state index in [-0.39, 0.29) is 17.9 Å². The molecule has 4 rings (SSSR count). The highest BCUT2D eigenvalue weighted by Gasteiger charge is 2.45. The molecule has 0 radical (unpaired) electrons. The van der Waals surface area contributed by atoms with Gasteiger partial charge in [-0.3, -0.25) is 9.59 Å². The van der Waals surface area contributed by atoms with Gasteiger partial charge in [0.25, 0.3) is 5.91 Å². The Morgan fingerprint density at radius 1 is 1.12 bits per heavy atom. The van der Waals surface area contributed by atoms with Crippen molar-refractivity contribution in [2.45, 2.75) is 13.0 Å². The number of aliphatic hydroxyl groups excluding tert-OH is 1. The number of hydrogen-bond acceptors (Lipinski definition) is 7. The smallest absolute Gasteiger partial charge is 0.290 e. The topological polar surface area (TPSA) is 92.4 Å². The second-order valence-electron chi connectivity index (χ2n) is 8.56. The van der Waals surface area contributed by atoms with Gasteiger partial charge in [0.2, 0.25) is 5.78 Å². The molecule has 1 amide bonds. The number of ether oxygens (including phenoxy) is 2. The summed E-state index contributed by atoms with van der Waals surface area (Å²) in [6, 6.07) is 11.5. The number of aryl methyl sites for hydroxylation is 1. The van der Waals surface area contributed by atoms with Crippen LogP contribution in [0.3, 0.4) is 0 Å². The number of furan rings is 1. The number of aliphatic hydroxyl groups is 1. The van der Waals surface area contributed by atoms with Crippen LogP contribution in [0.25, 0.3) is 11.0 Å². The molecule has 0 spiro atoms. The SMILES string of the molecule is COc1ccc(OC)c(C2C(C(=O)c3cc4cc(C)ccc4o3)=C(O)C(=O)N2CCN(C)C)c1. The third-order valence-corrected chi connectivity index (χ3v) is 5.96. The van der Waals surface area contributed by atoms with Crippen LogP contribution >= 0.6 is 0 Å². The molecule has 8 nitrogen and oxygen atoms in total. The lowest BCUT2D eigenvalue weighted by molar-refractivity contribution is -0.129. The van der Waals surface area contributed by atoms with Gasteiger partial charge >= 0.3 is 0 Å². The molecule has 1 unspecified atom stereocenters. The summed E-state index contributed by atoms with van der Waals surface area (Å²) < 4.78 is 16.7. The minimum absolute atomic E-state index is 0.0499. The molecule has 1 atom stereocenters. The molecule has 0 saturated heterocycles. The van der Waals surface area contributed by atoms with Crippen molar-refractivity contribution in [1.82, 2.24) is 9.80 Å². The zero-order valence-corrected chi connectivity index (χ0v) is 19.9. The van der Waals surface area contributed by atoms with Crippen molar-refractivity contribution in [2.75, 3.05) is 41.4 Å². The van der Waals surface area contributed by atoms with E-state index in [1.165, 1.54) is 19.1 Å². The monoisotopic (exact) mass is 464 g/mol. The minimum Gasteiger partial charge on any atom is -0.503 e. The molecular formula is C26H28N2O6. The molecule has 178 valence electrons. The molecule has 0 aliphatic carbocycles. The lowest BCUT2D eigenvalue weighted by Gasteiger charge is -2.29. The molecular weight excluding hydrogens is 436 g/mol. The summed E-state index contributed by atoms with van der Waals surface area (Å²) in [7, 11) is 6.82. The van der Waals surface area contributed by atoms with E-state index in [0.717, 1.165) is 10.9 Å². The Morgan fingerprint density at radius 2 is 1.88 bits per heavy atom. The van der Waals surface area contributed by atoms with Crippen molar-refractivity contribution in [2.24, 2.45) is 0 Å². The molecule has 3 aromatic rings. The Kier molecular flexibility index (Phi) is 6.34. The number of nitrogens with zero attached hydrogens (tertiary/aromatic N) is 2. The summed E-state index contributed by atoms with van der Waals surface area (Å²) in [5, 5.41) is 11.7. The van der Waals surface area contributed by atoms with Crippen LogP contribution in [0.1, 0.15) is 27.7 Å². The average Bonchev–Trinajstić information content (AvgIpc) is 3.35. The van der Waals surface area contributed by atoms with Crippen LogP contribution in [-0.4, -0.2) is 68.0 Å². The normalized spacial score (nSPS) is 16.1. The fourth-order valence-corrected chi connectivity index (χ4v) is 4.21. The number of carbonyl (C=O) groups excluding carboxylic acids is 2. The maximum absolute atomic E-state index is 13.7. The van der Waals surface area contributed by atoms with Crippen molar-refractivity contribution in [3.63, 3.8) is 0 Å². The fraction of sp³-hybridized carbons (Fsp3) is 0.308. The number of carbonyl (C=O) groups is 2. The summed E-state index contributed by atoms with van der Waals surface area (Å²) >= 11 is 0. The number of fused-ring (bicyclic) bond motifs is 1.